The fourth-order valence-electron chi connectivity index (χ4n) is 1.13. The van der Waals surface area contributed by atoms with Gasteiger partial charge in [0.15, 0.2) is 11.0 Å². The maximum absolute atomic E-state index is 11.3. The first-order valence-electron chi connectivity index (χ1n) is 4.34. The van der Waals surface area contributed by atoms with Crippen molar-refractivity contribution in [1.29, 1.82) is 0 Å². The van der Waals surface area contributed by atoms with E-state index < -0.39 is 5.69 Å². The molecule has 0 saturated heterocycles. The predicted molar refractivity (Wildman–Crippen MR) is 62.7 cm³/mol. The molecule has 0 amide bonds. The third-order valence-corrected chi connectivity index (χ3v) is 2.65. The van der Waals surface area contributed by atoms with Gasteiger partial charge in [0.2, 0.25) is 0 Å². The van der Waals surface area contributed by atoms with Gasteiger partial charge in [-0.3, -0.25) is 9.97 Å². The first-order valence-corrected chi connectivity index (χ1v) is 5.94. The van der Waals surface area contributed by atoms with Crippen LogP contribution in [0, 0.1) is 0 Å². The van der Waals surface area contributed by atoms with Crippen LogP contribution in [0.2, 0.25) is 5.02 Å². The molecule has 0 fully saturated rings. The molecular weight excluding hydrogens is 248 g/mol. The minimum absolute atomic E-state index is 0.329. The largest absolute Gasteiger partial charge is 0.349 e. The molecule has 0 saturated carbocycles. The lowest BCUT2D eigenvalue weighted by Crippen LogP contribution is -2.14. The van der Waals surface area contributed by atoms with Gasteiger partial charge in [-0.1, -0.05) is 23.4 Å². The van der Waals surface area contributed by atoms with Gasteiger partial charge in [-0.2, -0.15) is 4.98 Å². The molecule has 0 aliphatic carbocycles. The molecule has 0 aliphatic rings. The molecule has 82 valence electrons. The van der Waals surface area contributed by atoms with Gasteiger partial charge in [0.1, 0.15) is 5.69 Å². The van der Waals surface area contributed by atoms with E-state index in [2.05, 4.69) is 19.9 Å². The van der Waals surface area contributed by atoms with Crippen LogP contribution in [0.25, 0.3) is 11.5 Å². The number of H-pyrrole nitrogens is 1. The Balaban J connectivity index is 2.60. The highest BCUT2D eigenvalue weighted by molar-refractivity contribution is 7.98. The van der Waals surface area contributed by atoms with Gasteiger partial charge in [-0.25, -0.2) is 9.78 Å². The first-order chi connectivity index (χ1) is 7.70. The van der Waals surface area contributed by atoms with E-state index in [1.54, 1.807) is 24.6 Å². The van der Waals surface area contributed by atoms with E-state index in [1.807, 2.05) is 0 Å². The molecule has 0 spiro atoms. The Morgan fingerprint density at radius 2 is 2.25 bits per heavy atom. The number of hydrogen-bond acceptors (Lipinski definition) is 5. The van der Waals surface area contributed by atoms with Gasteiger partial charge >= 0.3 is 5.69 Å². The maximum atomic E-state index is 11.3. The summed E-state index contributed by atoms with van der Waals surface area (Å²) in [6.07, 6.45) is 3.37. The van der Waals surface area contributed by atoms with Gasteiger partial charge in [0.05, 0.1) is 5.02 Å². The smallest absolute Gasteiger partial charge is 0.288 e. The van der Waals surface area contributed by atoms with E-state index in [9.17, 15) is 4.79 Å². The molecule has 0 aliphatic heterocycles. The normalized spacial score (nSPS) is 10.4. The Morgan fingerprint density at radius 1 is 1.44 bits per heavy atom. The SMILES string of the molecule is CSc1nc(-c2ncccc2Cl)[nH]c(=O)n1. The molecule has 0 aromatic carbocycles. The molecule has 7 heteroatoms. The number of aromatic amines is 1. The summed E-state index contributed by atoms with van der Waals surface area (Å²) in [4.78, 5) is 25.6. The summed E-state index contributed by atoms with van der Waals surface area (Å²) in [5, 5.41) is 0.823. The quantitative estimate of drug-likeness (QED) is 0.825. The van der Waals surface area contributed by atoms with Crippen LogP contribution in [0.4, 0.5) is 0 Å². The topological polar surface area (TPSA) is 71.5 Å². The van der Waals surface area contributed by atoms with Crippen molar-refractivity contribution in [2.75, 3.05) is 6.26 Å². The van der Waals surface area contributed by atoms with Crippen LogP contribution < -0.4 is 5.69 Å². The highest BCUT2D eigenvalue weighted by atomic mass is 35.5. The number of nitrogens with one attached hydrogen (secondary N) is 1. The summed E-state index contributed by atoms with van der Waals surface area (Å²) >= 11 is 7.24. The zero-order valence-corrected chi connectivity index (χ0v) is 9.84. The van der Waals surface area contributed by atoms with Crippen molar-refractivity contribution in [3.8, 4) is 11.5 Å². The van der Waals surface area contributed by atoms with Crippen LogP contribution in [0.3, 0.4) is 0 Å². The van der Waals surface area contributed by atoms with Crippen molar-refractivity contribution < 1.29 is 0 Å². The highest BCUT2D eigenvalue weighted by Crippen LogP contribution is 2.21. The first kappa shape index (κ1) is 11.1. The molecule has 2 aromatic rings. The van der Waals surface area contributed by atoms with E-state index in [1.165, 1.54) is 11.8 Å². The summed E-state index contributed by atoms with van der Waals surface area (Å²) in [5.74, 6) is 0.329. The van der Waals surface area contributed by atoms with E-state index >= 15 is 0 Å². The Kier molecular flexibility index (Phi) is 3.21. The summed E-state index contributed by atoms with van der Waals surface area (Å²) in [7, 11) is 0. The van der Waals surface area contributed by atoms with Crippen molar-refractivity contribution >= 4 is 23.4 Å². The predicted octanol–water partition coefficient (Wildman–Crippen LogP) is 1.60. The van der Waals surface area contributed by atoms with Crippen molar-refractivity contribution in [3.63, 3.8) is 0 Å². The zero-order chi connectivity index (χ0) is 11.5. The number of nitrogens with zero attached hydrogens (tertiary/aromatic N) is 3. The maximum Gasteiger partial charge on any atom is 0.349 e. The molecule has 0 bridgehead atoms. The van der Waals surface area contributed by atoms with Gasteiger partial charge in [0, 0.05) is 6.20 Å². The van der Waals surface area contributed by atoms with Gasteiger partial charge in [-0.15, -0.1) is 0 Å². The average Bonchev–Trinajstić information content (AvgIpc) is 2.28. The molecule has 2 rings (SSSR count). The second-order valence-corrected chi connectivity index (χ2v) is 4.00. The second-order valence-electron chi connectivity index (χ2n) is 2.82. The summed E-state index contributed by atoms with van der Waals surface area (Å²) in [5.41, 5.74) is -0.0185. The highest BCUT2D eigenvalue weighted by Gasteiger charge is 2.09. The number of thioether (sulfide) groups is 1. The molecular formula is C9H7ClN4OS. The molecule has 16 heavy (non-hydrogen) atoms. The Labute approximate surface area is 100 Å². The Hall–Kier alpha value is -1.40. The fraction of sp³-hybridized carbons (Fsp3) is 0.111. The number of pyridine rings is 1. The van der Waals surface area contributed by atoms with Crippen molar-refractivity contribution in [2.24, 2.45) is 0 Å². The van der Waals surface area contributed by atoms with Crippen molar-refractivity contribution in [3.05, 3.63) is 33.8 Å². The van der Waals surface area contributed by atoms with Crippen LogP contribution in [0.5, 0.6) is 0 Å². The lowest BCUT2D eigenvalue weighted by atomic mass is 10.3. The average molecular weight is 255 g/mol. The third-order valence-electron chi connectivity index (χ3n) is 1.80. The number of aromatic nitrogens is 4. The van der Waals surface area contributed by atoms with Gasteiger partial charge in [-0.05, 0) is 18.4 Å². The van der Waals surface area contributed by atoms with Crippen LogP contribution >= 0.6 is 23.4 Å². The van der Waals surface area contributed by atoms with Crippen LogP contribution in [-0.4, -0.2) is 26.2 Å². The van der Waals surface area contributed by atoms with Crippen LogP contribution in [-0.2, 0) is 0 Å². The fourth-order valence-corrected chi connectivity index (χ4v) is 1.70. The lowest BCUT2D eigenvalue weighted by Gasteiger charge is -2.02. The van der Waals surface area contributed by atoms with E-state index in [0.717, 1.165) is 0 Å². The van der Waals surface area contributed by atoms with Crippen molar-refractivity contribution in [2.45, 2.75) is 5.16 Å². The van der Waals surface area contributed by atoms with Crippen LogP contribution in [0.1, 0.15) is 0 Å². The van der Waals surface area contributed by atoms with E-state index in [4.69, 9.17) is 11.6 Å². The minimum Gasteiger partial charge on any atom is -0.288 e. The zero-order valence-electron chi connectivity index (χ0n) is 8.27. The lowest BCUT2D eigenvalue weighted by molar-refractivity contribution is 0.867. The number of rotatable bonds is 2. The standard InChI is InChI=1S/C9H7ClN4OS/c1-16-9-13-7(12-8(15)14-9)6-5(10)3-2-4-11-6/h2-4H,1H3,(H,12,13,14,15). The van der Waals surface area contributed by atoms with Crippen molar-refractivity contribution in [1.82, 2.24) is 19.9 Å². The van der Waals surface area contributed by atoms with E-state index in [-0.39, 0.29) is 0 Å². The molecule has 5 nitrogen and oxygen atoms in total. The van der Waals surface area contributed by atoms with E-state index in [0.29, 0.717) is 21.7 Å². The Bertz CT molecular complexity index is 571. The minimum atomic E-state index is -0.462. The van der Waals surface area contributed by atoms with Gasteiger partial charge in [0.25, 0.3) is 0 Å². The second kappa shape index (κ2) is 4.63. The molecule has 2 heterocycles. The van der Waals surface area contributed by atoms with Gasteiger partial charge < -0.3 is 0 Å². The monoisotopic (exact) mass is 254 g/mol. The Morgan fingerprint density at radius 3 is 2.94 bits per heavy atom. The number of hydrogen-bond donors (Lipinski definition) is 1. The molecule has 0 unspecified atom stereocenters. The molecule has 1 N–H and O–H groups in total. The summed E-state index contributed by atoms with van der Waals surface area (Å²) in [6.45, 7) is 0. The van der Waals surface area contributed by atoms with Crippen LogP contribution in [0.15, 0.2) is 28.3 Å². The molecule has 0 radical (unpaired) electrons. The number of halogens is 1. The summed E-state index contributed by atoms with van der Waals surface area (Å²) < 4.78 is 0. The molecule has 0 atom stereocenters. The molecule has 2 aromatic heterocycles. The third kappa shape index (κ3) is 2.23. The summed E-state index contributed by atoms with van der Waals surface area (Å²) in [6, 6.07) is 3.39.